The fourth-order valence-corrected chi connectivity index (χ4v) is 2.46. The van der Waals surface area contributed by atoms with E-state index in [4.69, 9.17) is 9.47 Å². The number of alkyl carbamates (subject to hydrolysis) is 1. The molecule has 1 saturated carbocycles. The zero-order chi connectivity index (χ0) is 21.8. The molecule has 160 valence electrons. The molecular formula is C17H19F3N2O7. The number of rotatable bonds is 9. The van der Waals surface area contributed by atoms with E-state index in [0.717, 1.165) is 0 Å². The van der Waals surface area contributed by atoms with Gasteiger partial charge in [-0.2, -0.15) is 13.2 Å². The topological polar surface area (TPSA) is 128 Å². The number of carbonyl (C=O) groups excluding carboxylic acids is 1. The van der Waals surface area contributed by atoms with Crippen LogP contribution in [0.15, 0.2) is 24.3 Å². The van der Waals surface area contributed by atoms with E-state index in [-0.39, 0.29) is 25.1 Å². The molecule has 12 heteroatoms. The van der Waals surface area contributed by atoms with Crippen LogP contribution < -0.4 is 5.32 Å². The molecule has 2 rings (SSSR count). The number of hydrogen-bond acceptors (Lipinski definition) is 6. The monoisotopic (exact) mass is 420 g/mol. The summed E-state index contributed by atoms with van der Waals surface area (Å²) in [5, 5.41) is 21.8. The van der Waals surface area contributed by atoms with Gasteiger partial charge >= 0.3 is 18.2 Å². The highest BCUT2D eigenvalue weighted by molar-refractivity contribution is 5.80. The number of nitrogens with one attached hydrogen (secondary N) is 1. The average molecular weight is 420 g/mol. The van der Waals surface area contributed by atoms with Crippen molar-refractivity contribution in [1.29, 1.82) is 0 Å². The molecule has 0 heterocycles. The first kappa shape index (κ1) is 22.4. The predicted octanol–water partition coefficient (Wildman–Crippen LogP) is 3.02. The van der Waals surface area contributed by atoms with Gasteiger partial charge in [-0.1, -0.05) is 0 Å². The van der Waals surface area contributed by atoms with Crippen molar-refractivity contribution in [3.63, 3.8) is 0 Å². The van der Waals surface area contributed by atoms with Crippen molar-refractivity contribution in [3.05, 3.63) is 39.9 Å². The Morgan fingerprint density at radius 2 is 1.90 bits per heavy atom. The Morgan fingerprint density at radius 1 is 1.31 bits per heavy atom. The molecule has 1 fully saturated rings. The van der Waals surface area contributed by atoms with Gasteiger partial charge in [-0.25, -0.2) is 9.59 Å². The molecule has 0 radical (unpaired) electrons. The van der Waals surface area contributed by atoms with Crippen LogP contribution in [0.5, 0.6) is 0 Å². The Morgan fingerprint density at radius 3 is 2.34 bits per heavy atom. The number of alkyl halides is 3. The van der Waals surface area contributed by atoms with E-state index in [9.17, 15) is 38.0 Å². The van der Waals surface area contributed by atoms with Gasteiger partial charge in [0.15, 0.2) is 6.04 Å². The van der Waals surface area contributed by atoms with Crippen molar-refractivity contribution in [2.75, 3.05) is 6.61 Å². The number of ether oxygens (including phenoxy) is 2. The van der Waals surface area contributed by atoms with Crippen molar-refractivity contribution in [2.24, 2.45) is 5.41 Å². The number of aliphatic carboxylic acids is 1. The van der Waals surface area contributed by atoms with E-state index < -0.39 is 47.3 Å². The first-order valence-corrected chi connectivity index (χ1v) is 8.53. The normalized spacial score (nSPS) is 17.1. The second-order valence-corrected chi connectivity index (χ2v) is 6.75. The molecule has 9 nitrogen and oxygen atoms in total. The van der Waals surface area contributed by atoms with Crippen LogP contribution in [0.2, 0.25) is 0 Å². The molecule has 0 unspecified atom stereocenters. The SMILES string of the molecule is C[C@@H](OCC1(C(F)(F)F)CC1)[C@H](NC(=O)OCc1ccc([N+](=O)[O-])cc1)C(=O)O. The maximum absolute atomic E-state index is 12.9. The molecule has 1 aromatic carbocycles. The minimum atomic E-state index is -4.44. The maximum Gasteiger partial charge on any atom is 0.408 e. The van der Waals surface area contributed by atoms with Crippen LogP contribution >= 0.6 is 0 Å². The Bertz CT molecular complexity index is 763. The second kappa shape index (κ2) is 8.64. The van der Waals surface area contributed by atoms with Crippen LogP contribution in [-0.2, 0) is 20.9 Å². The van der Waals surface area contributed by atoms with E-state index in [1.807, 2.05) is 5.32 Å². The van der Waals surface area contributed by atoms with Crippen molar-refractivity contribution >= 4 is 17.7 Å². The molecule has 0 bridgehead atoms. The Hall–Kier alpha value is -2.89. The van der Waals surface area contributed by atoms with Gasteiger partial charge in [-0.3, -0.25) is 10.1 Å². The lowest BCUT2D eigenvalue weighted by Crippen LogP contribution is -2.49. The zero-order valence-corrected chi connectivity index (χ0v) is 15.3. The first-order valence-electron chi connectivity index (χ1n) is 8.53. The first-order chi connectivity index (χ1) is 13.4. The molecule has 2 N–H and O–H groups in total. The molecule has 0 aliphatic heterocycles. The number of hydrogen-bond donors (Lipinski definition) is 2. The van der Waals surface area contributed by atoms with Crippen LogP contribution in [0.4, 0.5) is 23.7 Å². The number of halogens is 3. The summed E-state index contributed by atoms with van der Waals surface area (Å²) < 4.78 is 48.7. The minimum Gasteiger partial charge on any atom is -0.480 e. The number of amides is 1. The maximum atomic E-state index is 12.9. The Labute approximate surface area is 162 Å². The fourth-order valence-electron chi connectivity index (χ4n) is 2.46. The van der Waals surface area contributed by atoms with E-state index >= 15 is 0 Å². The molecule has 0 aromatic heterocycles. The van der Waals surface area contributed by atoms with Crippen molar-refractivity contribution in [2.45, 2.75) is 44.7 Å². The van der Waals surface area contributed by atoms with Crippen LogP contribution in [-0.4, -0.2) is 47.0 Å². The van der Waals surface area contributed by atoms with Crippen LogP contribution in [0.25, 0.3) is 0 Å². The fraction of sp³-hybridized carbons (Fsp3) is 0.529. The lowest BCUT2D eigenvalue weighted by atomic mass is 10.1. The van der Waals surface area contributed by atoms with Crippen LogP contribution in [0.1, 0.15) is 25.3 Å². The van der Waals surface area contributed by atoms with Gasteiger partial charge < -0.3 is 19.9 Å². The van der Waals surface area contributed by atoms with Gasteiger partial charge in [0.25, 0.3) is 5.69 Å². The van der Waals surface area contributed by atoms with E-state index in [2.05, 4.69) is 0 Å². The highest BCUT2D eigenvalue weighted by Crippen LogP contribution is 2.57. The quantitative estimate of drug-likeness (QED) is 0.464. The average Bonchev–Trinajstić information content (AvgIpc) is 3.43. The van der Waals surface area contributed by atoms with E-state index in [1.165, 1.54) is 31.2 Å². The third-order valence-electron chi connectivity index (χ3n) is 4.60. The summed E-state index contributed by atoms with van der Waals surface area (Å²) in [5.41, 5.74) is -1.69. The summed E-state index contributed by atoms with van der Waals surface area (Å²) >= 11 is 0. The molecule has 1 aliphatic carbocycles. The third-order valence-corrected chi connectivity index (χ3v) is 4.60. The molecule has 1 aromatic rings. The third kappa shape index (κ3) is 5.79. The smallest absolute Gasteiger partial charge is 0.408 e. The Kier molecular flexibility index (Phi) is 6.67. The van der Waals surface area contributed by atoms with Gasteiger partial charge in [-0.15, -0.1) is 0 Å². The summed E-state index contributed by atoms with van der Waals surface area (Å²) in [6, 6.07) is 3.52. The van der Waals surface area contributed by atoms with E-state index in [0.29, 0.717) is 5.56 Å². The van der Waals surface area contributed by atoms with Crippen molar-refractivity contribution < 1.29 is 42.3 Å². The molecule has 0 spiro atoms. The molecule has 0 saturated heterocycles. The van der Waals surface area contributed by atoms with E-state index in [1.54, 1.807) is 0 Å². The van der Waals surface area contributed by atoms with Gasteiger partial charge in [-0.05, 0) is 37.5 Å². The summed E-state index contributed by atoms with van der Waals surface area (Å²) in [5.74, 6) is -1.50. The molecule has 1 aliphatic rings. The van der Waals surface area contributed by atoms with Crippen LogP contribution in [0, 0.1) is 15.5 Å². The Balaban J connectivity index is 1.86. The highest BCUT2D eigenvalue weighted by Gasteiger charge is 2.63. The van der Waals surface area contributed by atoms with Crippen molar-refractivity contribution in [3.8, 4) is 0 Å². The number of carboxylic acids is 1. The number of nitro groups is 1. The van der Waals surface area contributed by atoms with Gasteiger partial charge in [0.05, 0.1) is 23.0 Å². The lowest BCUT2D eigenvalue weighted by molar-refractivity contribution is -0.384. The summed E-state index contributed by atoms with van der Waals surface area (Å²) in [6.45, 7) is 0.255. The van der Waals surface area contributed by atoms with Crippen LogP contribution in [0.3, 0.4) is 0 Å². The summed E-state index contributed by atoms with van der Waals surface area (Å²) in [4.78, 5) is 33.2. The number of carboxylic acid groups (broad SMARTS) is 1. The van der Waals surface area contributed by atoms with Gasteiger partial charge in [0.2, 0.25) is 0 Å². The summed E-state index contributed by atoms with van der Waals surface area (Å²) in [6.07, 6.45) is -6.98. The molecule has 2 atom stereocenters. The minimum absolute atomic E-state index is 0.0916. The standard InChI is InChI=1S/C17H19F3N2O7/c1-10(29-9-16(6-7-16)17(18,19)20)13(14(23)24)21-15(25)28-8-11-2-4-12(5-3-11)22(26)27/h2-5,10,13H,6-9H2,1H3,(H,21,25)(H,23,24)/t10-,13+/m1/s1. The number of nitro benzene ring substituents is 1. The molecule has 29 heavy (non-hydrogen) atoms. The summed E-state index contributed by atoms with van der Waals surface area (Å²) in [7, 11) is 0. The lowest BCUT2D eigenvalue weighted by Gasteiger charge is -2.25. The van der Waals surface area contributed by atoms with Gasteiger partial charge in [0, 0.05) is 12.1 Å². The number of carbonyl (C=O) groups is 2. The highest BCUT2D eigenvalue weighted by atomic mass is 19.4. The number of nitrogens with zero attached hydrogens (tertiary/aromatic N) is 1. The predicted molar refractivity (Wildman–Crippen MR) is 91.0 cm³/mol. The largest absolute Gasteiger partial charge is 0.480 e. The van der Waals surface area contributed by atoms with Crippen molar-refractivity contribution in [1.82, 2.24) is 5.32 Å². The molecular weight excluding hydrogens is 401 g/mol. The zero-order valence-electron chi connectivity index (χ0n) is 15.3. The second-order valence-electron chi connectivity index (χ2n) is 6.75. The number of non-ortho nitro benzene ring substituents is 1. The number of benzene rings is 1. The molecule has 1 amide bonds. The van der Waals surface area contributed by atoms with Gasteiger partial charge in [0.1, 0.15) is 6.61 Å².